The normalized spacial score (nSPS) is 12.1. The summed E-state index contributed by atoms with van der Waals surface area (Å²) in [6.07, 6.45) is 0. The molecule has 0 N–H and O–H groups in total. The highest BCUT2D eigenvalue weighted by Gasteiger charge is 2.27. The lowest BCUT2D eigenvalue weighted by molar-refractivity contribution is 0.171. The summed E-state index contributed by atoms with van der Waals surface area (Å²) in [6, 6.07) is 4.62. The predicted molar refractivity (Wildman–Crippen MR) is 76.2 cm³/mol. The first-order chi connectivity index (χ1) is 10.7. The molecule has 1 aromatic carbocycles. The third-order valence-corrected chi connectivity index (χ3v) is 3.25. The van der Waals surface area contributed by atoms with Crippen LogP contribution >= 0.6 is 0 Å². The van der Waals surface area contributed by atoms with Crippen LogP contribution in [-0.2, 0) is 0 Å². The SMILES string of the molecule is COc1cc(=O)oc(-c2ccc3c(c2OC)OCO3)c1OC. The third kappa shape index (κ3) is 2.11. The van der Waals surface area contributed by atoms with Gasteiger partial charge >= 0.3 is 5.63 Å². The first-order valence-corrected chi connectivity index (χ1v) is 6.42. The molecule has 0 fully saturated rings. The second-order valence-electron chi connectivity index (χ2n) is 4.38. The Morgan fingerprint density at radius 3 is 2.45 bits per heavy atom. The quantitative estimate of drug-likeness (QED) is 0.855. The van der Waals surface area contributed by atoms with Crippen LogP contribution in [0.3, 0.4) is 0 Å². The minimum atomic E-state index is -0.563. The molecule has 1 aromatic heterocycles. The maximum absolute atomic E-state index is 11.7. The third-order valence-electron chi connectivity index (χ3n) is 3.25. The molecule has 116 valence electrons. The van der Waals surface area contributed by atoms with E-state index >= 15 is 0 Å². The lowest BCUT2D eigenvalue weighted by atomic mass is 10.1. The average molecular weight is 306 g/mol. The zero-order valence-corrected chi connectivity index (χ0v) is 12.3. The summed E-state index contributed by atoms with van der Waals surface area (Å²) in [6.45, 7) is 0.105. The van der Waals surface area contributed by atoms with Gasteiger partial charge in [0.05, 0.1) is 33.0 Å². The largest absolute Gasteiger partial charge is 0.492 e. The molecule has 22 heavy (non-hydrogen) atoms. The fraction of sp³-hybridized carbons (Fsp3) is 0.267. The van der Waals surface area contributed by atoms with Gasteiger partial charge in [0.15, 0.2) is 23.0 Å². The van der Waals surface area contributed by atoms with Crippen LogP contribution in [-0.4, -0.2) is 28.1 Å². The van der Waals surface area contributed by atoms with Crippen molar-refractivity contribution in [3.05, 3.63) is 28.6 Å². The molecule has 0 saturated carbocycles. The Balaban J connectivity index is 2.28. The van der Waals surface area contributed by atoms with E-state index in [1.54, 1.807) is 12.1 Å². The molecule has 2 heterocycles. The summed E-state index contributed by atoms with van der Waals surface area (Å²) in [4.78, 5) is 11.7. The first kappa shape index (κ1) is 14.1. The topological polar surface area (TPSA) is 76.4 Å². The second kappa shape index (κ2) is 5.51. The Labute approximate surface area is 125 Å². The maximum atomic E-state index is 11.7. The van der Waals surface area contributed by atoms with Crippen LogP contribution < -0.4 is 29.3 Å². The molecule has 0 spiro atoms. The number of hydrogen-bond donors (Lipinski definition) is 0. The standard InChI is InChI=1S/C15H14O7/c1-17-10-6-11(16)22-13(14(10)19-3)8-4-5-9-15(12(8)18-2)21-7-20-9/h4-6H,7H2,1-3H3. The van der Waals surface area contributed by atoms with Gasteiger partial charge in [0.25, 0.3) is 0 Å². The van der Waals surface area contributed by atoms with E-state index in [4.69, 9.17) is 28.1 Å². The summed E-state index contributed by atoms with van der Waals surface area (Å²) >= 11 is 0. The Morgan fingerprint density at radius 2 is 1.77 bits per heavy atom. The summed E-state index contributed by atoms with van der Waals surface area (Å²) in [7, 11) is 4.39. The van der Waals surface area contributed by atoms with Gasteiger partial charge in [0.2, 0.25) is 18.3 Å². The number of ether oxygens (including phenoxy) is 5. The van der Waals surface area contributed by atoms with Gasteiger partial charge in [-0.05, 0) is 12.1 Å². The molecular formula is C15H14O7. The fourth-order valence-electron chi connectivity index (χ4n) is 2.31. The van der Waals surface area contributed by atoms with Gasteiger partial charge in [0.1, 0.15) is 0 Å². The van der Waals surface area contributed by atoms with Gasteiger partial charge in [-0.15, -0.1) is 0 Å². The van der Waals surface area contributed by atoms with E-state index in [0.29, 0.717) is 28.6 Å². The van der Waals surface area contributed by atoms with Crippen molar-refractivity contribution < 1.29 is 28.1 Å². The molecule has 7 nitrogen and oxygen atoms in total. The van der Waals surface area contributed by atoms with Crippen molar-refractivity contribution in [1.82, 2.24) is 0 Å². The maximum Gasteiger partial charge on any atom is 0.340 e. The van der Waals surface area contributed by atoms with Gasteiger partial charge in [-0.1, -0.05) is 0 Å². The van der Waals surface area contributed by atoms with Crippen molar-refractivity contribution in [1.29, 1.82) is 0 Å². The second-order valence-corrected chi connectivity index (χ2v) is 4.38. The van der Waals surface area contributed by atoms with E-state index in [0.717, 1.165) is 0 Å². The smallest absolute Gasteiger partial charge is 0.340 e. The van der Waals surface area contributed by atoms with E-state index in [9.17, 15) is 4.79 Å². The number of methoxy groups -OCH3 is 3. The highest BCUT2D eigenvalue weighted by Crippen LogP contribution is 2.49. The minimum Gasteiger partial charge on any atom is -0.492 e. The van der Waals surface area contributed by atoms with E-state index < -0.39 is 5.63 Å². The van der Waals surface area contributed by atoms with Gasteiger partial charge in [-0.2, -0.15) is 0 Å². The van der Waals surface area contributed by atoms with Crippen LogP contribution in [0.25, 0.3) is 11.3 Å². The van der Waals surface area contributed by atoms with Crippen LogP contribution in [0.15, 0.2) is 27.4 Å². The first-order valence-electron chi connectivity index (χ1n) is 6.42. The van der Waals surface area contributed by atoms with Gasteiger partial charge in [0, 0.05) is 0 Å². The molecule has 0 radical (unpaired) electrons. The molecule has 2 aromatic rings. The molecule has 1 aliphatic rings. The number of benzene rings is 1. The van der Waals surface area contributed by atoms with Crippen molar-refractivity contribution in [2.45, 2.75) is 0 Å². The van der Waals surface area contributed by atoms with Crippen molar-refractivity contribution >= 4 is 0 Å². The molecule has 3 rings (SSSR count). The summed E-state index contributed by atoms with van der Waals surface area (Å²) in [5.74, 6) is 2.16. The highest BCUT2D eigenvalue weighted by molar-refractivity contribution is 5.78. The predicted octanol–water partition coefficient (Wildman–Crippen LogP) is 2.06. The lowest BCUT2D eigenvalue weighted by Crippen LogP contribution is -2.03. The van der Waals surface area contributed by atoms with E-state index in [1.807, 2.05) is 0 Å². The molecule has 1 aliphatic heterocycles. The fourth-order valence-corrected chi connectivity index (χ4v) is 2.31. The van der Waals surface area contributed by atoms with Crippen molar-refractivity contribution in [2.24, 2.45) is 0 Å². The van der Waals surface area contributed by atoms with Crippen LogP contribution in [0, 0.1) is 0 Å². The molecule has 0 bridgehead atoms. The van der Waals surface area contributed by atoms with Crippen LogP contribution in [0.1, 0.15) is 0 Å². The Hall–Kier alpha value is -2.83. The van der Waals surface area contributed by atoms with Gasteiger partial charge in [-0.25, -0.2) is 4.79 Å². The van der Waals surface area contributed by atoms with E-state index in [2.05, 4.69) is 0 Å². The van der Waals surface area contributed by atoms with Crippen molar-refractivity contribution in [3.63, 3.8) is 0 Å². The highest BCUT2D eigenvalue weighted by atomic mass is 16.7. The molecule has 7 heteroatoms. The van der Waals surface area contributed by atoms with Crippen LogP contribution in [0.2, 0.25) is 0 Å². The lowest BCUT2D eigenvalue weighted by Gasteiger charge is -2.14. The molecule has 0 amide bonds. The summed E-state index contributed by atoms with van der Waals surface area (Å²) in [5.41, 5.74) is -0.0630. The molecule has 0 atom stereocenters. The number of fused-ring (bicyclic) bond motifs is 1. The summed E-state index contributed by atoms with van der Waals surface area (Å²) < 4.78 is 31.9. The molecular weight excluding hydrogens is 292 g/mol. The average Bonchev–Trinajstić information content (AvgIpc) is 3.01. The van der Waals surface area contributed by atoms with Gasteiger partial charge < -0.3 is 28.1 Å². The minimum absolute atomic E-state index is 0.105. The number of hydrogen-bond acceptors (Lipinski definition) is 7. The molecule has 0 unspecified atom stereocenters. The van der Waals surface area contributed by atoms with E-state index in [1.165, 1.54) is 27.4 Å². The van der Waals surface area contributed by atoms with Crippen molar-refractivity contribution in [2.75, 3.05) is 28.1 Å². The van der Waals surface area contributed by atoms with Crippen LogP contribution in [0.5, 0.6) is 28.7 Å². The Kier molecular flexibility index (Phi) is 3.54. The monoisotopic (exact) mass is 306 g/mol. The Bertz CT molecular complexity index is 763. The summed E-state index contributed by atoms with van der Waals surface area (Å²) in [5, 5.41) is 0. The molecule has 0 aliphatic carbocycles. The Morgan fingerprint density at radius 1 is 1.00 bits per heavy atom. The van der Waals surface area contributed by atoms with Gasteiger partial charge in [-0.3, -0.25) is 0 Å². The zero-order chi connectivity index (χ0) is 15.7. The number of rotatable bonds is 4. The van der Waals surface area contributed by atoms with Crippen LogP contribution in [0.4, 0.5) is 0 Å². The van der Waals surface area contributed by atoms with E-state index in [-0.39, 0.29) is 18.3 Å². The van der Waals surface area contributed by atoms with Crippen molar-refractivity contribution in [3.8, 4) is 40.1 Å². The molecule has 0 saturated heterocycles. The zero-order valence-electron chi connectivity index (χ0n) is 12.3.